The van der Waals surface area contributed by atoms with Crippen molar-refractivity contribution in [2.24, 2.45) is 7.05 Å². The molecule has 1 aromatic carbocycles. The van der Waals surface area contributed by atoms with Crippen molar-refractivity contribution in [3.63, 3.8) is 0 Å². The number of nitrogens with zero attached hydrogens (tertiary/aromatic N) is 1. The van der Waals surface area contributed by atoms with Gasteiger partial charge in [-0.05, 0) is 49.4 Å². The summed E-state index contributed by atoms with van der Waals surface area (Å²) in [5.74, 6) is 0. The predicted molar refractivity (Wildman–Crippen MR) is 72.6 cm³/mol. The van der Waals surface area contributed by atoms with Gasteiger partial charge in [-0.1, -0.05) is 0 Å². The maximum Gasteiger partial charge on any atom is 0.261 e. The fraction of sp³-hybridized carbons (Fsp3) is 0.385. The summed E-state index contributed by atoms with van der Waals surface area (Å²) in [4.78, 5) is 0.190. The number of halogens is 1. The number of hydrogen-bond donors (Lipinski definition) is 0. The van der Waals surface area contributed by atoms with Gasteiger partial charge in [0.25, 0.3) is 9.05 Å². The van der Waals surface area contributed by atoms with Crippen LogP contribution in [0.3, 0.4) is 0 Å². The van der Waals surface area contributed by atoms with Crippen LogP contribution in [0.5, 0.6) is 0 Å². The SMILES string of the molecule is Cn1c2c(c3cc(S(=O)(=O)Cl)ccc31)CCCC2. The summed E-state index contributed by atoms with van der Waals surface area (Å²) in [6, 6.07) is 5.14. The molecule has 5 heteroatoms. The molecule has 0 bridgehead atoms. The lowest BCUT2D eigenvalue weighted by Gasteiger charge is -2.12. The molecule has 18 heavy (non-hydrogen) atoms. The molecule has 1 aliphatic rings. The van der Waals surface area contributed by atoms with Crippen LogP contribution in [0.1, 0.15) is 24.1 Å². The topological polar surface area (TPSA) is 39.1 Å². The third kappa shape index (κ3) is 1.75. The zero-order valence-electron chi connectivity index (χ0n) is 10.1. The van der Waals surface area contributed by atoms with Gasteiger partial charge < -0.3 is 4.57 Å². The van der Waals surface area contributed by atoms with Crippen LogP contribution in [0.4, 0.5) is 0 Å². The molecule has 0 spiro atoms. The quantitative estimate of drug-likeness (QED) is 0.755. The first-order chi connectivity index (χ1) is 8.48. The maximum absolute atomic E-state index is 11.4. The van der Waals surface area contributed by atoms with Crippen molar-refractivity contribution in [1.82, 2.24) is 4.57 Å². The molecule has 96 valence electrons. The Balaban J connectivity index is 2.34. The van der Waals surface area contributed by atoms with Gasteiger partial charge in [0.2, 0.25) is 0 Å². The molecule has 2 aromatic rings. The Morgan fingerprint density at radius 2 is 1.94 bits per heavy atom. The Morgan fingerprint density at radius 1 is 1.22 bits per heavy atom. The maximum atomic E-state index is 11.4. The monoisotopic (exact) mass is 283 g/mol. The molecule has 0 radical (unpaired) electrons. The first kappa shape index (κ1) is 12.1. The number of rotatable bonds is 1. The molecule has 1 heterocycles. The highest BCUT2D eigenvalue weighted by atomic mass is 35.7. The Labute approximate surface area is 111 Å². The van der Waals surface area contributed by atoms with E-state index in [9.17, 15) is 8.42 Å². The zero-order valence-corrected chi connectivity index (χ0v) is 11.7. The third-order valence-corrected chi connectivity index (χ3v) is 5.13. The first-order valence-electron chi connectivity index (χ1n) is 6.03. The summed E-state index contributed by atoms with van der Waals surface area (Å²) in [6.07, 6.45) is 4.48. The van der Waals surface area contributed by atoms with Gasteiger partial charge in [0.15, 0.2) is 0 Å². The molecule has 1 aromatic heterocycles. The predicted octanol–water partition coefficient (Wildman–Crippen LogP) is 2.98. The van der Waals surface area contributed by atoms with E-state index >= 15 is 0 Å². The molecule has 3 nitrogen and oxygen atoms in total. The van der Waals surface area contributed by atoms with Crippen LogP contribution in [-0.4, -0.2) is 13.0 Å². The van der Waals surface area contributed by atoms with E-state index in [0.29, 0.717) is 0 Å². The Morgan fingerprint density at radius 3 is 2.67 bits per heavy atom. The van der Waals surface area contributed by atoms with Crippen LogP contribution >= 0.6 is 10.7 Å². The second-order valence-corrected chi connectivity index (χ2v) is 7.37. The van der Waals surface area contributed by atoms with Crippen LogP contribution < -0.4 is 0 Å². The Kier molecular flexibility index (Phi) is 2.68. The molecule has 3 rings (SSSR count). The van der Waals surface area contributed by atoms with E-state index in [4.69, 9.17) is 10.7 Å². The summed E-state index contributed by atoms with van der Waals surface area (Å²) in [5.41, 5.74) is 3.72. The molecule has 0 atom stereocenters. The van der Waals surface area contributed by atoms with Gasteiger partial charge in [0, 0.05) is 34.3 Å². The molecule has 0 aliphatic heterocycles. The minimum Gasteiger partial charge on any atom is -0.347 e. The van der Waals surface area contributed by atoms with Crippen LogP contribution in [0, 0.1) is 0 Å². The van der Waals surface area contributed by atoms with E-state index in [1.807, 2.05) is 13.1 Å². The van der Waals surface area contributed by atoms with Crippen molar-refractivity contribution in [2.45, 2.75) is 30.6 Å². The van der Waals surface area contributed by atoms with Gasteiger partial charge in [-0.3, -0.25) is 0 Å². The minimum atomic E-state index is -3.65. The van der Waals surface area contributed by atoms with Crippen LogP contribution in [0.2, 0.25) is 0 Å². The largest absolute Gasteiger partial charge is 0.347 e. The van der Waals surface area contributed by atoms with Gasteiger partial charge in [0.1, 0.15) is 0 Å². The molecule has 0 saturated carbocycles. The van der Waals surface area contributed by atoms with Crippen molar-refractivity contribution in [2.75, 3.05) is 0 Å². The summed E-state index contributed by atoms with van der Waals surface area (Å²) < 4.78 is 25.0. The standard InChI is InChI=1S/C13H14ClNO2S/c1-15-12-5-3-2-4-10(12)11-8-9(18(14,16)17)6-7-13(11)15/h6-8H,2-5H2,1H3. The molecule has 0 saturated heterocycles. The normalized spacial score (nSPS) is 15.9. The fourth-order valence-electron chi connectivity index (χ4n) is 2.90. The Hall–Kier alpha value is -1.00. The fourth-order valence-corrected chi connectivity index (χ4v) is 3.67. The third-order valence-electron chi connectivity index (χ3n) is 3.78. The van der Waals surface area contributed by atoms with E-state index in [1.165, 1.54) is 24.1 Å². The molecular formula is C13H14ClNO2S. The number of aryl methyl sites for hydroxylation is 2. The van der Waals surface area contributed by atoms with Crippen molar-refractivity contribution >= 4 is 30.6 Å². The van der Waals surface area contributed by atoms with Crippen molar-refractivity contribution in [3.05, 3.63) is 29.5 Å². The second-order valence-electron chi connectivity index (χ2n) is 4.81. The lowest BCUT2D eigenvalue weighted by Crippen LogP contribution is -2.04. The second kappa shape index (κ2) is 4.00. The minimum absolute atomic E-state index is 0.190. The lowest BCUT2D eigenvalue weighted by atomic mass is 9.96. The highest BCUT2D eigenvalue weighted by Crippen LogP contribution is 2.33. The van der Waals surface area contributed by atoms with Crippen molar-refractivity contribution < 1.29 is 8.42 Å². The van der Waals surface area contributed by atoms with E-state index in [1.54, 1.807) is 12.1 Å². The highest BCUT2D eigenvalue weighted by Gasteiger charge is 2.20. The first-order valence-corrected chi connectivity index (χ1v) is 8.34. The number of hydrogen-bond acceptors (Lipinski definition) is 2. The average molecular weight is 284 g/mol. The summed E-state index contributed by atoms with van der Waals surface area (Å²) in [7, 11) is 3.81. The van der Waals surface area contributed by atoms with Crippen molar-refractivity contribution in [3.8, 4) is 0 Å². The van der Waals surface area contributed by atoms with E-state index in [0.717, 1.165) is 23.7 Å². The molecule has 0 fully saturated rings. The molecule has 1 aliphatic carbocycles. The van der Waals surface area contributed by atoms with Crippen molar-refractivity contribution in [1.29, 1.82) is 0 Å². The van der Waals surface area contributed by atoms with Crippen LogP contribution in [0.25, 0.3) is 10.9 Å². The van der Waals surface area contributed by atoms with Gasteiger partial charge >= 0.3 is 0 Å². The molecule has 0 amide bonds. The summed E-state index contributed by atoms with van der Waals surface area (Å²) in [6.45, 7) is 0. The Bertz CT molecular complexity index is 731. The average Bonchev–Trinajstić information content (AvgIpc) is 2.63. The van der Waals surface area contributed by atoms with Gasteiger partial charge in [0.05, 0.1) is 4.90 Å². The van der Waals surface area contributed by atoms with E-state index in [2.05, 4.69) is 4.57 Å². The van der Waals surface area contributed by atoms with E-state index in [-0.39, 0.29) is 4.90 Å². The van der Waals surface area contributed by atoms with Gasteiger partial charge in [-0.15, -0.1) is 0 Å². The smallest absolute Gasteiger partial charge is 0.261 e. The number of fused-ring (bicyclic) bond motifs is 3. The summed E-state index contributed by atoms with van der Waals surface area (Å²) >= 11 is 0. The molecule has 0 unspecified atom stereocenters. The van der Waals surface area contributed by atoms with Gasteiger partial charge in [-0.25, -0.2) is 8.42 Å². The zero-order chi connectivity index (χ0) is 12.9. The number of benzene rings is 1. The molecule has 0 N–H and O–H groups in total. The highest BCUT2D eigenvalue weighted by molar-refractivity contribution is 8.13. The van der Waals surface area contributed by atoms with E-state index < -0.39 is 9.05 Å². The summed E-state index contributed by atoms with van der Waals surface area (Å²) in [5, 5.41) is 1.04. The van der Waals surface area contributed by atoms with Gasteiger partial charge in [-0.2, -0.15) is 0 Å². The van der Waals surface area contributed by atoms with Crippen LogP contribution in [-0.2, 0) is 28.9 Å². The van der Waals surface area contributed by atoms with Crippen LogP contribution in [0.15, 0.2) is 23.1 Å². The molecular weight excluding hydrogens is 270 g/mol. The lowest BCUT2D eigenvalue weighted by molar-refractivity contribution is 0.609. The number of aromatic nitrogens is 1.